The monoisotopic (exact) mass is 389 g/mol. The minimum Gasteiger partial charge on any atom is -0.461 e. The van der Waals surface area contributed by atoms with Crippen LogP contribution in [-0.2, 0) is 11.2 Å². The second kappa shape index (κ2) is 8.19. The van der Waals surface area contributed by atoms with Crippen LogP contribution in [0.25, 0.3) is 10.2 Å². The summed E-state index contributed by atoms with van der Waals surface area (Å²) >= 11 is 1.34. The molecule has 6 heteroatoms. The summed E-state index contributed by atoms with van der Waals surface area (Å²) in [5.74, 6) is 0.371. The number of hydrogen-bond donors (Lipinski definition) is 1. The van der Waals surface area contributed by atoms with Crippen LogP contribution in [0.1, 0.15) is 20.8 Å². The number of nitrogens with one attached hydrogen (secondary N) is 1. The fourth-order valence-corrected chi connectivity index (χ4v) is 4.03. The van der Waals surface area contributed by atoms with Crippen LogP contribution in [0, 0.1) is 6.92 Å². The number of ether oxygens (including phenoxy) is 1. The molecule has 2 aromatic carbocycles. The Morgan fingerprint density at radius 2 is 1.75 bits per heavy atom. The summed E-state index contributed by atoms with van der Waals surface area (Å²) in [6.45, 7) is 2.25. The van der Waals surface area contributed by atoms with E-state index in [1.807, 2.05) is 67.6 Å². The van der Waals surface area contributed by atoms with E-state index in [4.69, 9.17) is 4.74 Å². The molecule has 0 atom stereocenters. The number of anilines is 2. The molecule has 28 heavy (non-hydrogen) atoms. The van der Waals surface area contributed by atoms with Crippen molar-refractivity contribution in [1.82, 2.24) is 9.97 Å². The Balaban J connectivity index is 1.54. The Bertz CT molecular complexity index is 1090. The van der Waals surface area contributed by atoms with Crippen LogP contribution in [0.15, 0.2) is 67.0 Å². The molecule has 0 radical (unpaired) electrons. The number of rotatable bonds is 6. The lowest BCUT2D eigenvalue weighted by Crippen LogP contribution is -2.07. The van der Waals surface area contributed by atoms with Crippen LogP contribution >= 0.6 is 11.3 Å². The van der Waals surface area contributed by atoms with Gasteiger partial charge in [0.05, 0.1) is 12.0 Å². The Morgan fingerprint density at radius 1 is 1.04 bits per heavy atom. The molecule has 0 aliphatic rings. The van der Waals surface area contributed by atoms with Crippen molar-refractivity contribution in [3.05, 3.63) is 83.0 Å². The molecule has 0 amide bonds. The molecular formula is C22H19N3O2S. The first-order valence-electron chi connectivity index (χ1n) is 8.99. The molecule has 0 aliphatic heterocycles. The van der Waals surface area contributed by atoms with Gasteiger partial charge >= 0.3 is 5.97 Å². The molecule has 0 saturated carbocycles. The molecule has 140 valence electrons. The molecule has 1 N–H and O–H groups in total. The van der Waals surface area contributed by atoms with E-state index in [2.05, 4.69) is 15.3 Å². The standard InChI is InChI=1S/C22H19N3O2S/c1-15-18-20(25-17-10-6-3-7-11-17)23-14-24-21(18)28-19(15)22(26)27-13-12-16-8-4-2-5-9-16/h2-11,14H,12-13H2,1H3,(H,23,24,25). The van der Waals surface area contributed by atoms with Gasteiger partial charge in [-0.15, -0.1) is 11.3 Å². The number of aromatic nitrogens is 2. The number of carbonyl (C=O) groups excluding carboxylic acids is 1. The predicted octanol–water partition coefficient (Wildman–Crippen LogP) is 5.14. The SMILES string of the molecule is Cc1c(C(=O)OCCc2ccccc2)sc2ncnc(Nc3ccccc3)c12. The predicted molar refractivity (Wildman–Crippen MR) is 112 cm³/mol. The van der Waals surface area contributed by atoms with Gasteiger partial charge in [0.25, 0.3) is 0 Å². The Kier molecular flexibility index (Phi) is 5.30. The van der Waals surface area contributed by atoms with Crippen molar-refractivity contribution >= 4 is 39.0 Å². The zero-order valence-electron chi connectivity index (χ0n) is 15.4. The van der Waals surface area contributed by atoms with Crippen LogP contribution in [0.2, 0.25) is 0 Å². The number of esters is 1. The van der Waals surface area contributed by atoms with Crippen molar-refractivity contribution in [1.29, 1.82) is 0 Å². The van der Waals surface area contributed by atoms with Gasteiger partial charge in [-0.2, -0.15) is 0 Å². The maximum Gasteiger partial charge on any atom is 0.348 e. The number of benzene rings is 2. The van der Waals surface area contributed by atoms with Gasteiger partial charge in [0.15, 0.2) is 0 Å². The molecule has 0 spiro atoms. The van der Waals surface area contributed by atoms with Crippen molar-refractivity contribution in [2.75, 3.05) is 11.9 Å². The van der Waals surface area contributed by atoms with Gasteiger partial charge in [0.1, 0.15) is 21.9 Å². The Hall–Kier alpha value is -3.25. The summed E-state index contributed by atoms with van der Waals surface area (Å²) in [5, 5.41) is 4.16. The van der Waals surface area contributed by atoms with Crippen LogP contribution in [-0.4, -0.2) is 22.5 Å². The molecular weight excluding hydrogens is 370 g/mol. The summed E-state index contributed by atoms with van der Waals surface area (Å²) in [5.41, 5.74) is 2.91. The van der Waals surface area contributed by atoms with E-state index < -0.39 is 0 Å². The van der Waals surface area contributed by atoms with Crippen molar-refractivity contribution < 1.29 is 9.53 Å². The Morgan fingerprint density at radius 3 is 2.50 bits per heavy atom. The van der Waals surface area contributed by atoms with Crippen molar-refractivity contribution in [3.63, 3.8) is 0 Å². The normalized spacial score (nSPS) is 10.8. The van der Waals surface area contributed by atoms with Crippen LogP contribution in [0.4, 0.5) is 11.5 Å². The largest absolute Gasteiger partial charge is 0.461 e. The average Bonchev–Trinajstić information content (AvgIpc) is 3.07. The molecule has 0 bridgehead atoms. The molecule has 4 rings (SSSR count). The number of para-hydroxylation sites is 1. The fraction of sp³-hybridized carbons (Fsp3) is 0.136. The molecule has 0 aliphatic carbocycles. The molecule has 5 nitrogen and oxygen atoms in total. The second-order valence-electron chi connectivity index (χ2n) is 6.32. The van der Waals surface area contributed by atoms with Gasteiger partial charge in [-0.1, -0.05) is 48.5 Å². The van der Waals surface area contributed by atoms with Gasteiger partial charge in [-0.3, -0.25) is 0 Å². The fourth-order valence-electron chi connectivity index (χ4n) is 2.99. The van der Waals surface area contributed by atoms with E-state index in [1.165, 1.54) is 17.7 Å². The molecule has 4 aromatic rings. The van der Waals surface area contributed by atoms with Crippen molar-refractivity contribution in [2.45, 2.75) is 13.3 Å². The first-order valence-corrected chi connectivity index (χ1v) is 9.81. The number of carbonyl (C=O) groups is 1. The highest BCUT2D eigenvalue weighted by Crippen LogP contribution is 2.34. The van der Waals surface area contributed by atoms with Crippen LogP contribution in [0.3, 0.4) is 0 Å². The second-order valence-corrected chi connectivity index (χ2v) is 7.32. The minimum absolute atomic E-state index is 0.318. The summed E-state index contributed by atoms with van der Waals surface area (Å²) in [6, 6.07) is 19.8. The van der Waals surface area contributed by atoms with Gasteiger partial charge in [0, 0.05) is 12.1 Å². The number of hydrogen-bond acceptors (Lipinski definition) is 6. The van der Waals surface area contributed by atoms with E-state index in [0.717, 1.165) is 27.0 Å². The van der Waals surface area contributed by atoms with E-state index in [1.54, 1.807) is 0 Å². The van der Waals surface area contributed by atoms with Crippen molar-refractivity contribution in [2.24, 2.45) is 0 Å². The first kappa shape index (κ1) is 18.1. The highest BCUT2D eigenvalue weighted by molar-refractivity contribution is 7.20. The topological polar surface area (TPSA) is 64.1 Å². The maximum atomic E-state index is 12.6. The number of aryl methyl sites for hydroxylation is 1. The molecule has 2 aromatic heterocycles. The Labute approximate surface area is 167 Å². The first-order chi connectivity index (χ1) is 13.7. The number of fused-ring (bicyclic) bond motifs is 1. The number of nitrogens with zero attached hydrogens (tertiary/aromatic N) is 2. The van der Waals surface area contributed by atoms with Gasteiger partial charge < -0.3 is 10.1 Å². The van der Waals surface area contributed by atoms with Crippen LogP contribution < -0.4 is 5.32 Å². The third-order valence-electron chi connectivity index (χ3n) is 4.42. The van der Waals surface area contributed by atoms with E-state index in [-0.39, 0.29) is 5.97 Å². The van der Waals surface area contributed by atoms with Gasteiger partial charge in [-0.05, 0) is 30.2 Å². The molecule has 0 fully saturated rings. The summed E-state index contributed by atoms with van der Waals surface area (Å²) in [6.07, 6.45) is 2.20. The highest BCUT2D eigenvalue weighted by Gasteiger charge is 2.20. The third kappa shape index (κ3) is 3.87. The van der Waals surface area contributed by atoms with E-state index in [9.17, 15) is 4.79 Å². The smallest absolute Gasteiger partial charge is 0.348 e. The average molecular weight is 389 g/mol. The third-order valence-corrected chi connectivity index (χ3v) is 5.60. The lowest BCUT2D eigenvalue weighted by Gasteiger charge is -2.07. The summed E-state index contributed by atoms with van der Waals surface area (Å²) < 4.78 is 5.50. The van der Waals surface area contributed by atoms with Crippen LogP contribution in [0.5, 0.6) is 0 Å². The summed E-state index contributed by atoms with van der Waals surface area (Å²) in [4.78, 5) is 22.7. The quantitative estimate of drug-likeness (QED) is 0.463. The summed E-state index contributed by atoms with van der Waals surface area (Å²) in [7, 11) is 0. The van der Waals surface area contributed by atoms with E-state index in [0.29, 0.717) is 23.7 Å². The molecule has 2 heterocycles. The molecule has 0 unspecified atom stereocenters. The highest BCUT2D eigenvalue weighted by atomic mass is 32.1. The van der Waals surface area contributed by atoms with E-state index >= 15 is 0 Å². The minimum atomic E-state index is -0.318. The van der Waals surface area contributed by atoms with Gasteiger partial charge in [-0.25, -0.2) is 14.8 Å². The zero-order valence-corrected chi connectivity index (χ0v) is 16.2. The lowest BCUT2D eigenvalue weighted by atomic mass is 10.2. The zero-order chi connectivity index (χ0) is 19.3. The van der Waals surface area contributed by atoms with Crippen molar-refractivity contribution in [3.8, 4) is 0 Å². The molecule has 0 saturated heterocycles. The number of thiophene rings is 1. The maximum absolute atomic E-state index is 12.6. The lowest BCUT2D eigenvalue weighted by molar-refractivity contribution is 0.0514. The van der Waals surface area contributed by atoms with Gasteiger partial charge in [0.2, 0.25) is 0 Å².